The van der Waals surface area contributed by atoms with Crippen LogP contribution < -0.4 is 10.1 Å². The molecule has 1 N–H and O–H groups in total. The summed E-state index contributed by atoms with van der Waals surface area (Å²) < 4.78 is 5.62. The molecule has 0 spiro atoms. The number of ether oxygens (including phenoxy) is 1. The zero-order valence-corrected chi connectivity index (χ0v) is 12.4. The van der Waals surface area contributed by atoms with Crippen molar-refractivity contribution >= 4 is 34.8 Å². The highest BCUT2D eigenvalue weighted by Gasteiger charge is 2.06. The molecule has 0 radical (unpaired) electrons. The monoisotopic (exact) mass is 316 g/mol. The van der Waals surface area contributed by atoms with Gasteiger partial charge < -0.3 is 10.1 Å². The fourth-order valence-corrected chi connectivity index (χ4v) is 1.93. The first-order chi connectivity index (χ1) is 9.10. The minimum atomic E-state index is 0.434. The van der Waals surface area contributed by atoms with Crippen LogP contribution in [0.15, 0.2) is 30.3 Å². The highest BCUT2D eigenvalue weighted by Crippen LogP contribution is 2.29. The summed E-state index contributed by atoms with van der Waals surface area (Å²) in [5.74, 6) is 1.02. The van der Waals surface area contributed by atoms with E-state index in [1.54, 1.807) is 30.3 Å². The highest BCUT2D eigenvalue weighted by atomic mass is 35.5. The topological polar surface area (TPSA) is 34.2 Å². The van der Waals surface area contributed by atoms with Crippen molar-refractivity contribution in [2.45, 2.75) is 6.54 Å². The first-order valence-corrected chi connectivity index (χ1v) is 6.66. The van der Waals surface area contributed by atoms with E-state index in [1.165, 1.54) is 0 Å². The number of benzene rings is 1. The van der Waals surface area contributed by atoms with E-state index in [0.29, 0.717) is 33.2 Å². The second-order valence-electron chi connectivity index (χ2n) is 3.79. The molecule has 1 aromatic carbocycles. The Labute approximate surface area is 126 Å². The van der Waals surface area contributed by atoms with Gasteiger partial charge in [-0.2, -0.15) is 0 Å². The quantitative estimate of drug-likeness (QED) is 0.898. The van der Waals surface area contributed by atoms with Crippen molar-refractivity contribution in [3.05, 3.63) is 51.1 Å². The molecule has 2 aromatic rings. The number of hydrogen-bond donors (Lipinski definition) is 1. The predicted molar refractivity (Wildman–Crippen MR) is 78.5 cm³/mol. The molecule has 0 fully saturated rings. The lowest BCUT2D eigenvalue weighted by Gasteiger charge is -2.08. The van der Waals surface area contributed by atoms with Gasteiger partial charge in [-0.3, -0.25) is 0 Å². The van der Waals surface area contributed by atoms with E-state index >= 15 is 0 Å². The maximum Gasteiger partial charge on any atom is 0.219 e. The van der Waals surface area contributed by atoms with Crippen LogP contribution in [0.1, 0.15) is 5.69 Å². The number of aromatic nitrogens is 1. The van der Waals surface area contributed by atoms with Crippen LogP contribution in [-0.4, -0.2) is 12.0 Å². The molecular weight excluding hydrogens is 307 g/mol. The molecule has 0 atom stereocenters. The molecular formula is C13H11Cl3N2O. The molecule has 0 saturated heterocycles. The maximum absolute atomic E-state index is 6.03. The van der Waals surface area contributed by atoms with Crippen molar-refractivity contribution in [2.75, 3.05) is 7.05 Å². The lowest BCUT2D eigenvalue weighted by molar-refractivity contribution is 0.460. The summed E-state index contributed by atoms with van der Waals surface area (Å²) in [6.45, 7) is 0.567. The van der Waals surface area contributed by atoms with E-state index in [4.69, 9.17) is 39.5 Å². The Morgan fingerprint density at radius 3 is 2.47 bits per heavy atom. The standard InChI is InChI=1S/C13H11Cl3N2O/c1-17-7-12-10(15)4-5-13(18-12)19-8-2-3-9(14)11(16)6-8/h2-6,17H,7H2,1H3. The lowest BCUT2D eigenvalue weighted by atomic mass is 10.3. The third-order valence-corrected chi connectivity index (χ3v) is 3.43. The summed E-state index contributed by atoms with van der Waals surface area (Å²) >= 11 is 17.8. The average molecular weight is 318 g/mol. The van der Waals surface area contributed by atoms with E-state index in [9.17, 15) is 0 Å². The summed E-state index contributed by atoms with van der Waals surface area (Å²) in [7, 11) is 1.82. The molecule has 0 aliphatic heterocycles. The molecule has 1 heterocycles. The van der Waals surface area contributed by atoms with Crippen LogP contribution in [0, 0.1) is 0 Å². The van der Waals surface area contributed by atoms with Gasteiger partial charge in [0, 0.05) is 18.7 Å². The molecule has 19 heavy (non-hydrogen) atoms. The van der Waals surface area contributed by atoms with Gasteiger partial charge in [0.1, 0.15) is 5.75 Å². The van der Waals surface area contributed by atoms with Crippen LogP contribution in [0.4, 0.5) is 0 Å². The summed E-state index contributed by atoms with van der Waals surface area (Å²) in [6, 6.07) is 8.47. The third kappa shape index (κ3) is 3.74. The lowest BCUT2D eigenvalue weighted by Crippen LogP contribution is -2.07. The second kappa shape index (κ2) is 6.44. The average Bonchev–Trinajstić information content (AvgIpc) is 2.38. The van der Waals surface area contributed by atoms with Crippen LogP contribution in [0.3, 0.4) is 0 Å². The van der Waals surface area contributed by atoms with E-state index < -0.39 is 0 Å². The molecule has 100 valence electrons. The zero-order valence-electron chi connectivity index (χ0n) is 10.1. The number of hydrogen-bond acceptors (Lipinski definition) is 3. The van der Waals surface area contributed by atoms with E-state index in [2.05, 4.69) is 10.3 Å². The van der Waals surface area contributed by atoms with Crippen molar-refractivity contribution in [3.8, 4) is 11.6 Å². The molecule has 0 aliphatic rings. The highest BCUT2D eigenvalue weighted by molar-refractivity contribution is 6.42. The minimum absolute atomic E-state index is 0.434. The number of pyridine rings is 1. The fraction of sp³-hybridized carbons (Fsp3) is 0.154. The Kier molecular flexibility index (Phi) is 4.88. The molecule has 2 rings (SSSR count). The molecule has 0 aliphatic carbocycles. The zero-order chi connectivity index (χ0) is 13.8. The van der Waals surface area contributed by atoms with Crippen LogP contribution in [-0.2, 0) is 6.54 Å². The Balaban J connectivity index is 2.22. The van der Waals surface area contributed by atoms with Gasteiger partial charge in [-0.05, 0) is 25.2 Å². The van der Waals surface area contributed by atoms with Gasteiger partial charge in [-0.1, -0.05) is 34.8 Å². The van der Waals surface area contributed by atoms with Crippen molar-refractivity contribution in [1.29, 1.82) is 0 Å². The second-order valence-corrected chi connectivity index (χ2v) is 5.01. The Morgan fingerprint density at radius 1 is 1.05 bits per heavy atom. The van der Waals surface area contributed by atoms with Gasteiger partial charge in [0.2, 0.25) is 5.88 Å². The minimum Gasteiger partial charge on any atom is -0.439 e. The third-order valence-electron chi connectivity index (χ3n) is 2.35. The Bertz CT molecular complexity index is 590. The van der Waals surface area contributed by atoms with Gasteiger partial charge in [0.15, 0.2) is 0 Å². The first-order valence-electron chi connectivity index (χ1n) is 5.53. The van der Waals surface area contributed by atoms with Gasteiger partial charge in [0.25, 0.3) is 0 Å². The number of halogens is 3. The number of rotatable bonds is 4. The largest absolute Gasteiger partial charge is 0.439 e. The van der Waals surface area contributed by atoms with Gasteiger partial charge in [0.05, 0.1) is 20.8 Å². The van der Waals surface area contributed by atoms with Crippen LogP contribution in [0.25, 0.3) is 0 Å². The summed E-state index contributed by atoms with van der Waals surface area (Å²) in [4.78, 5) is 4.32. The molecule has 0 amide bonds. The molecule has 6 heteroatoms. The fourth-order valence-electron chi connectivity index (χ4n) is 1.47. The molecule has 0 saturated carbocycles. The van der Waals surface area contributed by atoms with Crippen molar-refractivity contribution < 1.29 is 4.74 Å². The van der Waals surface area contributed by atoms with Crippen molar-refractivity contribution in [2.24, 2.45) is 0 Å². The van der Waals surface area contributed by atoms with Crippen molar-refractivity contribution in [1.82, 2.24) is 10.3 Å². The number of nitrogens with zero attached hydrogens (tertiary/aromatic N) is 1. The summed E-state index contributed by atoms with van der Waals surface area (Å²) in [6.07, 6.45) is 0. The summed E-state index contributed by atoms with van der Waals surface area (Å²) in [5.41, 5.74) is 0.724. The normalized spacial score (nSPS) is 10.5. The SMILES string of the molecule is CNCc1nc(Oc2ccc(Cl)c(Cl)c2)ccc1Cl. The van der Waals surface area contributed by atoms with Crippen molar-refractivity contribution in [3.63, 3.8) is 0 Å². The van der Waals surface area contributed by atoms with Gasteiger partial charge in [-0.15, -0.1) is 0 Å². The summed E-state index contributed by atoms with van der Waals surface area (Å²) in [5, 5.41) is 4.50. The first kappa shape index (κ1) is 14.4. The van der Waals surface area contributed by atoms with E-state index in [1.807, 2.05) is 7.05 Å². The van der Waals surface area contributed by atoms with Crippen LogP contribution in [0.5, 0.6) is 11.6 Å². The molecule has 0 bridgehead atoms. The Morgan fingerprint density at radius 2 is 1.79 bits per heavy atom. The van der Waals surface area contributed by atoms with Gasteiger partial charge >= 0.3 is 0 Å². The Hall–Kier alpha value is -1.000. The van der Waals surface area contributed by atoms with Crippen LogP contribution in [0.2, 0.25) is 15.1 Å². The molecule has 0 unspecified atom stereocenters. The maximum atomic E-state index is 6.03. The predicted octanol–water partition coefficient (Wildman–Crippen LogP) is 4.55. The van der Waals surface area contributed by atoms with Crippen LogP contribution >= 0.6 is 34.8 Å². The molecule has 3 nitrogen and oxygen atoms in total. The van der Waals surface area contributed by atoms with E-state index in [-0.39, 0.29) is 0 Å². The van der Waals surface area contributed by atoms with Gasteiger partial charge in [-0.25, -0.2) is 4.98 Å². The smallest absolute Gasteiger partial charge is 0.219 e. The van der Waals surface area contributed by atoms with E-state index in [0.717, 1.165) is 5.69 Å². The molecule has 1 aromatic heterocycles. The number of nitrogens with one attached hydrogen (secondary N) is 1.